The van der Waals surface area contributed by atoms with Gasteiger partial charge in [-0.05, 0) is 13.3 Å². The highest BCUT2D eigenvalue weighted by Gasteiger charge is 1.77. The van der Waals surface area contributed by atoms with E-state index in [9.17, 15) is 0 Å². The van der Waals surface area contributed by atoms with Crippen LogP contribution in [0.1, 0.15) is 13.3 Å². The Morgan fingerprint density at radius 2 is 2.38 bits per heavy atom. The summed E-state index contributed by atoms with van der Waals surface area (Å²) in [7, 11) is 0. The Kier molecular flexibility index (Phi) is 6.38. The normalized spacial score (nSPS) is 10.8. The van der Waals surface area contributed by atoms with Crippen LogP contribution in [0.25, 0.3) is 0 Å². The number of aliphatic hydroxyl groups is 1. The third kappa shape index (κ3) is 5.66. The molecule has 0 amide bonds. The van der Waals surface area contributed by atoms with Crippen molar-refractivity contribution in [1.82, 2.24) is 0 Å². The molecule has 0 heterocycles. The van der Waals surface area contributed by atoms with Gasteiger partial charge in [-0.1, -0.05) is 12.2 Å². The lowest BCUT2D eigenvalue weighted by atomic mass is 10.4. The van der Waals surface area contributed by atoms with E-state index < -0.39 is 0 Å². The van der Waals surface area contributed by atoms with Crippen molar-refractivity contribution in [3.05, 3.63) is 12.2 Å². The van der Waals surface area contributed by atoms with Gasteiger partial charge in [0.1, 0.15) is 6.79 Å². The first-order valence-electron chi connectivity index (χ1n) is 2.71. The van der Waals surface area contributed by atoms with Crippen molar-refractivity contribution in [1.29, 1.82) is 0 Å². The fourth-order valence-electron chi connectivity index (χ4n) is 0.383. The maximum Gasteiger partial charge on any atom is 0.143 e. The van der Waals surface area contributed by atoms with Crippen LogP contribution in [-0.4, -0.2) is 18.5 Å². The van der Waals surface area contributed by atoms with Crippen LogP contribution in [0.15, 0.2) is 12.2 Å². The van der Waals surface area contributed by atoms with E-state index >= 15 is 0 Å². The van der Waals surface area contributed by atoms with Crippen LogP contribution < -0.4 is 0 Å². The molecule has 0 atom stereocenters. The molecule has 2 nitrogen and oxygen atoms in total. The second kappa shape index (κ2) is 6.66. The quantitative estimate of drug-likeness (QED) is 0.336. The highest BCUT2D eigenvalue weighted by atomic mass is 16.6. The summed E-state index contributed by atoms with van der Waals surface area (Å²) in [6.45, 7) is 2.40. The van der Waals surface area contributed by atoms with Crippen molar-refractivity contribution >= 4 is 0 Å². The molecule has 2 heteroatoms. The monoisotopic (exact) mass is 116 g/mol. The smallest absolute Gasteiger partial charge is 0.143 e. The molecular weight excluding hydrogens is 104 g/mol. The van der Waals surface area contributed by atoms with E-state index in [2.05, 4.69) is 4.74 Å². The molecule has 48 valence electrons. The first-order valence-corrected chi connectivity index (χ1v) is 2.71. The summed E-state index contributed by atoms with van der Waals surface area (Å²) in [5.74, 6) is 0. The van der Waals surface area contributed by atoms with E-state index in [1.54, 1.807) is 0 Å². The first-order chi connectivity index (χ1) is 3.91. The van der Waals surface area contributed by atoms with Crippen molar-refractivity contribution in [2.45, 2.75) is 13.3 Å². The predicted molar refractivity (Wildman–Crippen MR) is 32.5 cm³/mol. The van der Waals surface area contributed by atoms with Crippen LogP contribution in [0.3, 0.4) is 0 Å². The largest absolute Gasteiger partial charge is 0.371 e. The van der Waals surface area contributed by atoms with Gasteiger partial charge in [-0.15, -0.1) is 0 Å². The number of aliphatic hydroxyl groups excluding tert-OH is 1. The molecule has 8 heavy (non-hydrogen) atoms. The van der Waals surface area contributed by atoms with Crippen molar-refractivity contribution in [2.75, 3.05) is 13.4 Å². The summed E-state index contributed by atoms with van der Waals surface area (Å²) in [6.07, 6.45) is 4.84. The Hall–Kier alpha value is -0.340. The van der Waals surface area contributed by atoms with E-state index in [0.29, 0.717) is 6.61 Å². The van der Waals surface area contributed by atoms with Crippen molar-refractivity contribution in [3.8, 4) is 0 Å². The molecule has 0 aromatic heterocycles. The molecule has 0 spiro atoms. The molecule has 0 unspecified atom stereocenters. The van der Waals surface area contributed by atoms with Gasteiger partial charge in [0.15, 0.2) is 0 Å². The number of ether oxygens (including phenoxy) is 1. The Balaban J connectivity index is 2.72. The van der Waals surface area contributed by atoms with E-state index in [0.717, 1.165) is 6.42 Å². The minimum absolute atomic E-state index is 0.169. The highest BCUT2D eigenvalue weighted by Crippen LogP contribution is 1.82. The van der Waals surface area contributed by atoms with Crippen LogP contribution in [0.5, 0.6) is 0 Å². The van der Waals surface area contributed by atoms with Crippen LogP contribution in [0.2, 0.25) is 0 Å². The van der Waals surface area contributed by atoms with Crippen molar-refractivity contribution in [2.24, 2.45) is 0 Å². The summed E-state index contributed by atoms with van der Waals surface area (Å²) in [5, 5.41) is 8.12. The second-order valence-corrected chi connectivity index (χ2v) is 1.40. The van der Waals surface area contributed by atoms with Gasteiger partial charge < -0.3 is 9.84 Å². The molecular formula is C6H12O2. The molecule has 0 aliphatic rings. The van der Waals surface area contributed by atoms with E-state index in [-0.39, 0.29) is 6.79 Å². The fourth-order valence-corrected chi connectivity index (χ4v) is 0.383. The molecule has 1 N–H and O–H groups in total. The van der Waals surface area contributed by atoms with Crippen molar-refractivity contribution < 1.29 is 9.84 Å². The van der Waals surface area contributed by atoms with Gasteiger partial charge in [-0.2, -0.15) is 0 Å². The molecule has 0 rings (SSSR count). The zero-order chi connectivity index (χ0) is 6.24. The molecule has 0 bridgehead atoms. The third-order valence-corrected chi connectivity index (χ3v) is 0.756. The molecule has 0 fully saturated rings. The van der Waals surface area contributed by atoms with Crippen LogP contribution in [0, 0.1) is 0 Å². The highest BCUT2D eigenvalue weighted by molar-refractivity contribution is 4.75. The number of allylic oxidation sites excluding steroid dienone is 1. The zero-order valence-corrected chi connectivity index (χ0v) is 5.13. The summed E-state index contributed by atoms with van der Waals surface area (Å²) < 4.78 is 4.64. The van der Waals surface area contributed by atoms with Gasteiger partial charge in [-0.3, -0.25) is 0 Å². The lowest BCUT2D eigenvalue weighted by Gasteiger charge is -1.92. The first kappa shape index (κ1) is 7.66. The fraction of sp³-hybridized carbons (Fsp3) is 0.667. The van der Waals surface area contributed by atoms with Gasteiger partial charge in [0.25, 0.3) is 0 Å². The zero-order valence-electron chi connectivity index (χ0n) is 5.13. The van der Waals surface area contributed by atoms with E-state index in [4.69, 9.17) is 5.11 Å². The summed E-state index contributed by atoms with van der Waals surface area (Å²) in [4.78, 5) is 0. The van der Waals surface area contributed by atoms with Gasteiger partial charge in [0, 0.05) is 0 Å². The Bertz CT molecular complexity index is 59.5. The Morgan fingerprint density at radius 3 is 2.88 bits per heavy atom. The van der Waals surface area contributed by atoms with Crippen LogP contribution >= 0.6 is 0 Å². The molecule has 0 aromatic rings. The Labute approximate surface area is 49.8 Å². The molecule has 0 aliphatic heterocycles. The average Bonchev–Trinajstić information content (AvgIpc) is 1.81. The third-order valence-electron chi connectivity index (χ3n) is 0.756. The predicted octanol–water partition coefficient (Wildman–Crippen LogP) is 0.919. The Morgan fingerprint density at radius 1 is 1.62 bits per heavy atom. The molecule has 0 aliphatic carbocycles. The maximum atomic E-state index is 8.12. The molecule has 0 aromatic carbocycles. The number of hydrogen-bond acceptors (Lipinski definition) is 2. The summed E-state index contributed by atoms with van der Waals surface area (Å²) in [6, 6.07) is 0. The van der Waals surface area contributed by atoms with E-state index in [1.165, 1.54) is 0 Å². The van der Waals surface area contributed by atoms with Crippen LogP contribution in [0.4, 0.5) is 0 Å². The molecule has 0 saturated heterocycles. The van der Waals surface area contributed by atoms with E-state index in [1.807, 2.05) is 19.1 Å². The number of hydrogen-bond donors (Lipinski definition) is 1. The van der Waals surface area contributed by atoms with Gasteiger partial charge >= 0.3 is 0 Å². The average molecular weight is 116 g/mol. The minimum atomic E-state index is -0.169. The van der Waals surface area contributed by atoms with Gasteiger partial charge in [-0.25, -0.2) is 0 Å². The lowest BCUT2D eigenvalue weighted by Crippen LogP contribution is -1.92. The van der Waals surface area contributed by atoms with Crippen LogP contribution in [-0.2, 0) is 4.74 Å². The molecule has 0 saturated carbocycles. The maximum absolute atomic E-state index is 8.12. The number of rotatable bonds is 4. The van der Waals surface area contributed by atoms with Crippen molar-refractivity contribution in [3.63, 3.8) is 0 Å². The standard InChI is InChI=1S/C6H12O2/c1-2-3-4-5-8-6-7/h2-3,7H,4-6H2,1H3/b3-2+. The second-order valence-electron chi connectivity index (χ2n) is 1.40. The van der Waals surface area contributed by atoms with Gasteiger partial charge in [0.2, 0.25) is 0 Å². The summed E-state index contributed by atoms with van der Waals surface area (Å²) in [5.41, 5.74) is 0. The van der Waals surface area contributed by atoms with Gasteiger partial charge in [0.05, 0.1) is 6.61 Å². The molecule has 0 radical (unpaired) electrons. The summed E-state index contributed by atoms with van der Waals surface area (Å²) >= 11 is 0. The SMILES string of the molecule is C/C=C/CCOCO. The topological polar surface area (TPSA) is 29.5 Å². The lowest BCUT2D eigenvalue weighted by molar-refractivity contribution is 0.000976. The minimum Gasteiger partial charge on any atom is -0.371 e.